The Balaban J connectivity index is 2.58. The molecule has 12 heavy (non-hydrogen) atoms. The van der Waals surface area contributed by atoms with Gasteiger partial charge in [-0.15, -0.1) is 11.6 Å². The van der Waals surface area contributed by atoms with Crippen LogP contribution in [0.3, 0.4) is 0 Å². The molecule has 1 aliphatic heterocycles. The Morgan fingerprint density at radius 3 is 2.67 bits per heavy atom. The van der Waals surface area contributed by atoms with Crippen molar-refractivity contribution in [2.75, 3.05) is 24.7 Å². The second-order valence-corrected chi connectivity index (χ2v) is 5.27. The smallest absolute Gasteiger partial charge is 0.215 e. The van der Waals surface area contributed by atoms with Crippen molar-refractivity contribution in [3.05, 3.63) is 0 Å². The summed E-state index contributed by atoms with van der Waals surface area (Å²) in [6.07, 6.45) is 0.0247. The lowest BCUT2D eigenvalue weighted by Gasteiger charge is -2.13. The van der Waals surface area contributed by atoms with Gasteiger partial charge in [-0.3, -0.25) is 0 Å². The van der Waals surface area contributed by atoms with Crippen LogP contribution in [0.15, 0.2) is 0 Å². The van der Waals surface area contributed by atoms with Crippen molar-refractivity contribution in [2.24, 2.45) is 0 Å². The predicted molar refractivity (Wildman–Crippen MR) is 46.7 cm³/mol. The van der Waals surface area contributed by atoms with Gasteiger partial charge >= 0.3 is 0 Å². The van der Waals surface area contributed by atoms with E-state index in [9.17, 15) is 8.42 Å². The van der Waals surface area contributed by atoms with Crippen molar-refractivity contribution in [1.29, 1.82) is 0 Å². The normalized spacial score (nSPS) is 26.3. The van der Waals surface area contributed by atoms with Gasteiger partial charge in [0.25, 0.3) is 0 Å². The fourth-order valence-electron chi connectivity index (χ4n) is 1.19. The van der Waals surface area contributed by atoms with E-state index in [1.165, 1.54) is 4.31 Å². The van der Waals surface area contributed by atoms with Crippen molar-refractivity contribution in [1.82, 2.24) is 4.31 Å². The number of halogens is 1. The van der Waals surface area contributed by atoms with E-state index in [1.54, 1.807) is 0 Å². The quantitative estimate of drug-likeness (QED) is 0.651. The van der Waals surface area contributed by atoms with Crippen molar-refractivity contribution in [3.8, 4) is 0 Å². The summed E-state index contributed by atoms with van der Waals surface area (Å²) in [6, 6.07) is 0. The van der Waals surface area contributed by atoms with Gasteiger partial charge < -0.3 is 5.11 Å². The number of hydrogen-bond donors (Lipinski definition) is 1. The van der Waals surface area contributed by atoms with Crippen LogP contribution in [-0.4, -0.2) is 48.7 Å². The number of alkyl halides is 1. The lowest BCUT2D eigenvalue weighted by atomic mass is 10.3. The van der Waals surface area contributed by atoms with Crippen LogP contribution < -0.4 is 0 Å². The van der Waals surface area contributed by atoms with Gasteiger partial charge in [-0.05, 0) is 6.42 Å². The summed E-state index contributed by atoms with van der Waals surface area (Å²) in [7, 11) is -3.20. The molecule has 1 saturated heterocycles. The summed E-state index contributed by atoms with van der Waals surface area (Å²) in [5.74, 6) is 0.0657. The third kappa shape index (κ3) is 2.32. The lowest BCUT2D eigenvalue weighted by molar-refractivity contribution is 0.189. The Morgan fingerprint density at radius 2 is 2.25 bits per heavy atom. The van der Waals surface area contributed by atoms with E-state index >= 15 is 0 Å². The highest BCUT2D eigenvalue weighted by molar-refractivity contribution is 7.89. The number of aliphatic hydroxyl groups is 1. The summed E-state index contributed by atoms with van der Waals surface area (Å²) in [5, 5.41) is 9.09. The second-order valence-electron chi connectivity index (χ2n) is 2.81. The number of hydrogen-bond acceptors (Lipinski definition) is 3. The summed E-state index contributed by atoms with van der Waals surface area (Å²) in [4.78, 5) is 0. The van der Waals surface area contributed by atoms with Gasteiger partial charge in [-0.25, -0.2) is 8.42 Å². The summed E-state index contributed by atoms with van der Waals surface area (Å²) < 4.78 is 23.9. The molecule has 0 spiro atoms. The number of sulfonamides is 1. The Hall–Kier alpha value is 0.160. The molecule has 0 radical (unpaired) electrons. The second kappa shape index (κ2) is 3.91. The minimum Gasteiger partial charge on any atom is -0.392 e. The van der Waals surface area contributed by atoms with Crippen LogP contribution in [0.1, 0.15) is 6.42 Å². The average molecular weight is 214 g/mol. The van der Waals surface area contributed by atoms with Crippen LogP contribution in [0.2, 0.25) is 0 Å². The molecule has 1 fully saturated rings. The SMILES string of the molecule is O=S(=O)(CCCl)N1CC[C@@H](O)C1. The van der Waals surface area contributed by atoms with E-state index in [1.807, 2.05) is 0 Å². The molecule has 6 heteroatoms. The van der Waals surface area contributed by atoms with Gasteiger partial charge in [0.1, 0.15) is 0 Å². The molecule has 0 aromatic rings. The van der Waals surface area contributed by atoms with Gasteiger partial charge in [-0.1, -0.05) is 0 Å². The highest BCUT2D eigenvalue weighted by Crippen LogP contribution is 2.13. The van der Waals surface area contributed by atoms with E-state index in [0.717, 1.165) is 0 Å². The number of nitrogens with zero attached hydrogens (tertiary/aromatic N) is 1. The summed E-state index contributed by atoms with van der Waals surface area (Å²) in [5.41, 5.74) is 0. The van der Waals surface area contributed by atoms with Gasteiger partial charge in [0, 0.05) is 19.0 Å². The summed E-state index contributed by atoms with van der Waals surface area (Å²) in [6.45, 7) is 0.639. The molecule has 1 N–H and O–H groups in total. The zero-order valence-corrected chi connectivity index (χ0v) is 8.18. The first-order chi connectivity index (χ1) is 5.56. The summed E-state index contributed by atoms with van der Waals surface area (Å²) >= 11 is 5.33. The van der Waals surface area contributed by atoms with E-state index in [4.69, 9.17) is 16.7 Å². The number of β-amino-alcohol motifs (C(OH)–C–C–N with tert-alkyl or cyclic N) is 1. The van der Waals surface area contributed by atoms with E-state index in [0.29, 0.717) is 13.0 Å². The molecule has 72 valence electrons. The maximum Gasteiger partial charge on any atom is 0.215 e. The topological polar surface area (TPSA) is 57.6 Å². The molecule has 0 bridgehead atoms. The van der Waals surface area contributed by atoms with Gasteiger partial charge in [-0.2, -0.15) is 4.31 Å². The lowest BCUT2D eigenvalue weighted by Crippen LogP contribution is -2.32. The third-order valence-electron chi connectivity index (χ3n) is 1.85. The molecule has 0 saturated carbocycles. The van der Waals surface area contributed by atoms with Crippen LogP contribution in [0, 0.1) is 0 Å². The Kier molecular flexibility index (Phi) is 3.34. The zero-order chi connectivity index (χ0) is 9.19. The van der Waals surface area contributed by atoms with Gasteiger partial charge in [0.05, 0.1) is 11.9 Å². The van der Waals surface area contributed by atoms with Crippen LogP contribution in [-0.2, 0) is 10.0 Å². The minimum atomic E-state index is -3.20. The Labute approximate surface area is 77.2 Å². The first-order valence-electron chi connectivity index (χ1n) is 3.78. The predicted octanol–water partition coefficient (Wildman–Crippen LogP) is -0.378. The maximum absolute atomic E-state index is 11.3. The average Bonchev–Trinajstić information content (AvgIpc) is 2.36. The maximum atomic E-state index is 11.3. The zero-order valence-electron chi connectivity index (χ0n) is 6.61. The van der Waals surface area contributed by atoms with E-state index in [-0.39, 0.29) is 18.2 Å². The fraction of sp³-hybridized carbons (Fsp3) is 1.00. The molecule has 0 unspecified atom stereocenters. The molecule has 0 aromatic heterocycles. The van der Waals surface area contributed by atoms with Gasteiger partial charge in [0.2, 0.25) is 10.0 Å². The van der Waals surface area contributed by atoms with Crippen molar-refractivity contribution in [2.45, 2.75) is 12.5 Å². The minimum absolute atomic E-state index is 0.0404. The highest BCUT2D eigenvalue weighted by atomic mass is 35.5. The molecule has 4 nitrogen and oxygen atoms in total. The van der Waals surface area contributed by atoms with Gasteiger partial charge in [0.15, 0.2) is 0 Å². The first kappa shape index (κ1) is 10.2. The molecular formula is C6H12ClNO3S. The largest absolute Gasteiger partial charge is 0.392 e. The molecule has 1 atom stereocenters. The van der Waals surface area contributed by atoms with Crippen molar-refractivity contribution >= 4 is 21.6 Å². The Morgan fingerprint density at radius 1 is 1.58 bits per heavy atom. The van der Waals surface area contributed by atoms with E-state index < -0.39 is 16.1 Å². The third-order valence-corrected chi connectivity index (χ3v) is 4.11. The monoisotopic (exact) mass is 213 g/mol. The van der Waals surface area contributed by atoms with Crippen molar-refractivity contribution in [3.63, 3.8) is 0 Å². The molecule has 0 aromatic carbocycles. The first-order valence-corrected chi connectivity index (χ1v) is 5.92. The molecule has 1 rings (SSSR count). The van der Waals surface area contributed by atoms with Crippen molar-refractivity contribution < 1.29 is 13.5 Å². The van der Waals surface area contributed by atoms with Crippen LogP contribution >= 0.6 is 11.6 Å². The molecule has 1 heterocycles. The van der Waals surface area contributed by atoms with Crippen LogP contribution in [0.4, 0.5) is 0 Å². The molecule has 0 amide bonds. The fourth-order valence-corrected chi connectivity index (χ4v) is 3.01. The van der Waals surface area contributed by atoms with Crippen LogP contribution in [0.25, 0.3) is 0 Å². The number of aliphatic hydroxyl groups excluding tert-OH is 1. The van der Waals surface area contributed by atoms with Crippen LogP contribution in [0.5, 0.6) is 0 Å². The molecule has 1 aliphatic rings. The van der Waals surface area contributed by atoms with E-state index in [2.05, 4.69) is 0 Å². The number of rotatable bonds is 3. The highest BCUT2D eigenvalue weighted by Gasteiger charge is 2.29. The Bertz CT molecular complexity index is 241. The standard InChI is InChI=1S/C6H12ClNO3S/c7-2-4-12(10,11)8-3-1-6(9)5-8/h6,9H,1-5H2/t6-/m1/s1. The molecule has 0 aliphatic carbocycles. The molecular weight excluding hydrogens is 202 g/mol.